The number of aliphatic hydroxyl groups is 1. The highest BCUT2D eigenvalue weighted by Crippen LogP contribution is 2.32. The van der Waals surface area contributed by atoms with Crippen molar-refractivity contribution >= 4 is 11.7 Å². The number of hydrogen-bond donors (Lipinski definition) is 2. The normalized spacial score (nSPS) is 15.7. The molecule has 104 valence electrons. The van der Waals surface area contributed by atoms with Gasteiger partial charge in [0.25, 0.3) is 0 Å². The van der Waals surface area contributed by atoms with Crippen LogP contribution in [0.15, 0.2) is 18.2 Å². The third-order valence-electron chi connectivity index (χ3n) is 3.61. The van der Waals surface area contributed by atoms with Gasteiger partial charge in [-0.25, -0.2) is 9.18 Å². The van der Waals surface area contributed by atoms with Crippen molar-refractivity contribution in [1.82, 2.24) is 0 Å². The van der Waals surface area contributed by atoms with Gasteiger partial charge in [-0.1, -0.05) is 18.9 Å². The first-order valence-electron chi connectivity index (χ1n) is 6.54. The summed E-state index contributed by atoms with van der Waals surface area (Å²) in [6.45, 7) is 0.135. The van der Waals surface area contributed by atoms with E-state index >= 15 is 0 Å². The summed E-state index contributed by atoms with van der Waals surface area (Å²) in [5.74, 6) is -1.68. The van der Waals surface area contributed by atoms with Crippen molar-refractivity contribution in [3.05, 3.63) is 29.6 Å². The molecule has 1 aliphatic carbocycles. The van der Waals surface area contributed by atoms with Crippen molar-refractivity contribution in [1.29, 1.82) is 0 Å². The number of aromatic carboxylic acids is 1. The molecule has 0 aliphatic heterocycles. The molecule has 0 aromatic heterocycles. The number of para-hydroxylation sites is 1. The SMILES string of the molecule is O=C(O)c1cccc(F)c1N(CCO)C1CCCC1. The maximum Gasteiger partial charge on any atom is 0.337 e. The fourth-order valence-corrected chi connectivity index (χ4v) is 2.78. The number of rotatable bonds is 5. The van der Waals surface area contributed by atoms with Gasteiger partial charge in [0.15, 0.2) is 0 Å². The largest absolute Gasteiger partial charge is 0.478 e. The second kappa shape index (κ2) is 6.02. The monoisotopic (exact) mass is 267 g/mol. The lowest BCUT2D eigenvalue weighted by Gasteiger charge is -2.31. The van der Waals surface area contributed by atoms with Crippen molar-refractivity contribution in [3.8, 4) is 0 Å². The summed E-state index contributed by atoms with van der Waals surface area (Å²) in [6.07, 6.45) is 3.94. The first-order chi connectivity index (χ1) is 9.15. The second-order valence-electron chi connectivity index (χ2n) is 4.80. The number of benzene rings is 1. The van der Waals surface area contributed by atoms with E-state index in [9.17, 15) is 14.3 Å². The van der Waals surface area contributed by atoms with Gasteiger partial charge in [-0.15, -0.1) is 0 Å². The van der Waals surface area contributed by atoms with E-state index in [0.29, 0.717) is 0 Å². The Morgan fingerprint density at radius 2 is 2.05 bits per heavy atom. The molecular formula is C14H18FNO3. The van der Waals surface area contributed by atoms with Crippen LogP contribution < -0.4 is 4.90 Å². The molecule has 1 aromatic rings. The van der Waals surface area contributed by atoms with Crippen LogP contribution in [0.2, 0.25) is 0 Å². The Kier molecular flexibility index (Phi) is 4.37. The van der Waals surface area contributed by atoms with E-state index in [1.54, 1.807) is 4.90 Å². The van der Waals surface area contributed by atoms with Crippen molar-refractivity contribution in [2.24, 2.45) is 0 Å². The molecule has 19 heavy (non-hydrogen) atoms. The zero-order valence-electron chi connectivity index (χ0n) is 10.7. The Morgan fingerprint density at radius 1 is 1.37 bits per heavy atom. The van der Waals surface area contributed by atoms with Crippen LogP contribution >= 0.6 is 0 Å². The Morgan fingerprint density at radius 3 is 2.63 bits per heavy atom. The van der Waals surface area contributed by atoms with Gasteiger partial charge in [0.1, 0.15) is 5.82 Å². The number of carboxylic acid groups (broad SMARTS) is 1. The molecular weight excluding hydrogens is 249 g/mol. The number of aliphatic hydroxyl groups excluding tert-OH is 1. The average molecular weight is 267 g/mol. The lowest BCUT2D eigenvalue weighted by molar-refractivity contribution is 0.0697. The van der Waals surface area contributed by atoms with Crippen LogP contribution in [0.4, 0.5) is 10.1 Å². The topological polar surface area (TPSA) is 60.8 Å². The van der Waals surface area contributed by atoms with Crippen LogP contribution in [0.3, 0.4) is 0 Å². The summed E-state index contributed by atoms with van der Waals surface area (Å²) in [7, 11) is 0. The molecule has 0 heterocycles. The average Bonchev–Trinajstić information content (AvgIpc) is 2.89. The van der Waals surface area contributed by atoms with E-state index in [4.69, 9.17) is 5.11 Å². The zero-order chi connectivity index (χ0) is 13.8. The van der Waals surface area contributed by atoms with Crippen LogP contribution in [0, 0.1) is 5.82 Å². The number of anilines is 1. The summed E-state index contributed by atoms with van der Waals surface area (Å²) in [5, 5.41) is 18.4. The highest BCUT2D eigenvalue weighted by Gasteiger charge is 2.28. The quantitative estimate of drug-likeness (QED) is 0.859. The molecule has 0 bridgehead atoms. The van der Waals surface area contributed by atoms with Crippen LogP contribution in [-0.2, 0) is 0 Å². The molecule has 1 saturated carbocycles. The number of nitrogens with zero attached hydrogens (tertiary/aromatic N) is 1. The van der Waals surface area contributed by atoms with E-state index in [-0.39, 0.29) is 30.4 Å². The Bertz CT molecular complexity index is 458. The van der Waals surface area contributed by atoms with Gasteiger partial charge in [-0.05, 0) is 25.0 Å². The van der Waals surface area contributed by atoms with E-state index in [2.05, 4.69) is 0 Å². The minimum atomic E-state index is -1.14. The van der Waals surface area contributed by atoms with E-state index < -0.39 is 11.8 Å². The smallest absolute Gasteiger partial charge is 0.337 e. The van der Waals surface area contributed by atoms with Gasteiger partial charge >= 0.3 is 5.97 Å². The van der Waals surface area contributed by atoms with Gasteiger partial charge in [-0.2, -0.15) is 0 Å². The third-order valence-corrected chi connectivity index (χ3v) is 3.61. The fourth-order valence-electron chi connectivity index (χ4n) is 2.78. The summed E-state index contributed by atoms with van der Waals surface area (Å²) >= 11 is 0. The van der Waals surface area contributed by atoms with Crippen molar-refractivity contribution < 1.29 is 19.4 Å². The summed E-state index contributed by atoms with van der Waals surface area (Å²) in [5.41, 5.74) is 0.0660. The van der Waals surface area contributed by atoms with Gasteiger partial charge in [-0.3, -0.25) is 0 Å². The molecule has 0 unspecified atom stereocenters. The second-order valence-corrected chi connectivity index (χ2v) is 4.80. The summed E-state index contributed by atoms with van der Waals surface area (Å²) < 4.78 is 14.1. The molecule has 0 radical (unpaired) electrons. The van der Waals surface area contributed by atoms with Gasteiger partial charge in [0.05, 0.1) is 17.9 Å². The molecule has 1 fully saturated rings. The van der Waals surface area contributed by atoms with Crippen LogP contribution in [0.5, 0.6) is 0 Å². The minimum Gasteiger partial charge on any atom is -0.478 e. The molecule has 0 amide bonds. The maximum atomic E-state index is 14.1. The highest BCUT2D eigenvalue weighted by molar-refractivity contribution is 5.94. The van der Waals surface area contributed by atoms with Crippen molar-refractivity contribution in [3.63, 3.8) is 0 Å². The summed E-state index contributed by atoms with van der Waals surface area (Å²) in [4.78, 5) is 13.0. The first kappa shape index (κ1) is 13.8. The molecule has 0 saturated heterocycles. The van der Waals surface area contributed by atoms with Crippen LogP contribution in [-0.4, -0.2) is 35.4 Å². The van der Waals surface area contributed by atoms with E-state index in [0.717, 1.165) is 25.7 Å². The van der Waals surface area contributed by atoms with Crippen molar-refractivity contribution in [2.45, 2.75) is 31.7 Å². The van der Waals surface area contributed by atoms with Gasteiger partial charge < -0.3 is 15.1 Å². The predicted octanol–water partition coefficient (Wildman–Crippen LogP) is 2.27. The molecule has 2 N–H and O–H groups in total. The Labute approximate surface area is 111 Å². The molecule has 2 rings (SSSR count). The van der Waals surface area contributed by atoms with Crippen LogP contribution in [0.1, 0.15) is 36.0 Å². The number of halogens is 1. The zero-order valence-corrected chi connectivity index (χ0v) is 10.7. The lowest BCUT2D eigenvalue weighted by Crippen LogP contribution is -2.37. The predicted molar refractivity (Wildman–Crippen MR) is 70.0 cm³/mol. The minimum absolute atomic E-state index is 0.0413. The van der Waals surface area contributed by atoms with Gasteiger partial charge in [0.2, 0.25) is 0 Å². The van der Waals surface area contributed by atoms with Crippen molar-refractivity contribution in [2.75, 3.05) is 18.1 Å². The van der Waals surface area contributed by atoms with E-state index in [1.807, 2.05) is 0 Å². The molecule has 5 heteroatoms. The molecule has 1 aliphatic rings. The van der Waals surface area contributed by atoms with Crippen LogP contribution in [0.25, 0.3) is 0 Å². The van der Waals surface area contributed by atoms with E-state index in [1.165, 1.54) is 18.2 Å². The lowest BCUT2D eigenvalue weighted by atomic mass is 10.1. The first-order valence-corrected chi connectivity index (χ1v) is 6.54. The Balaban J connectivity index is 2.42. The number of carbonyl (C=O) groups is 1. The third kappa shape index (κ3) is 2.87. The standard InChI is InChI=1S/C14H18FNO3/c15-12-7-3-6-11(14(18)19)13(12)16(8-9-17)10-4-1-2-5-10/h3,6-7,10,17H,1-2,4-5,8-9H2,(H,18,19). The number of carboxylic acids is 1. The Hall–Kier alpha value is -1.62. The maximum absolute atomic E-state index is 14.1. The molecule has 0 atom stereocenters. The van der Waals surface area contributed by atoms with Gasteiger partial charge in [0, 0.05) is 12.6 Å². The summed E-state index contributed by atoms with van der Waals surface area (Å²) in [6, 6.07) is 4.18. The molecule has 1 aromatic carbocycles. The molecule has 0 spiro atoms. The number of hydrogen-bond acceptors (Lipinski definition) is 3. The molecule has 4 nitrogen and oxygen atoms in total. The fraction of sp³-hybridized carbons (Fsp3) is 0.500. The highest BCUT2D eigenvalue weighted by atomic mass is 19.1.